The Morgan fingerprint density at radius 1 is 1.28 bits per heavy atom. The monoisotopic (exact) mass is 494 g/mol. The molecule has 2 heterocycles. The first kappa shape index (κ1) is 24.1. The summed E-state index contributed by atoms with van der Waals surface area (Å²) in [6.45, 7) is 4.08. The Morgan fingerprint density at radius 3 is 2.72 bits per heavy atom. The number of nitrogens with zero attached hydrogens (tertiary/aromatic N) is 3. The number of carbonyl (C=O) groups is 2. The molecule has 11 heteroatoms. The van der Waals surface area contributed by atoms with Crippen molar-refractivity contribution in [1.82, 2.24) is 14.8 Å². The van der Waals surface area contributed by atoms with E-state index in [0.29, 0.717) is 38.7 Å². The van der Waals surface area contributed by atoms with Gasteiger partial charge < -0.3 is 19.4 Å². The number of aromatic nitrogens is 3. The molecule has 0 radical (unpaired) electrons. The molecular formula is C21H23ClN4O4S2. The number of esters is 1. The number of benzene rings is 1. The van der Waals surface area contributed by atoms with E-state index in [4.69, 9.17) is 21.1 Å². The number of thioether (sulfide) groups is 1. The summed E-state index contributed by atoms with van der Waals surface area (Å²) in [7, 11) is 3.13. The van der Waals surface area contributed by atoms with E-state index in [1.54, 1.807) is 23.7 Å². The lowest BCUT2D eigenvalue weighted by atomic mass is 10.1. The van der Waals surface area contributed by atoms with Gasteiger partial charge in [0.05, 0.1) is 23.4 Å². The number of halogens is 1. The average Bonchev–Trinajstić information content (AvgIpc) is 3.29. The van der Waals surface area contributed by atoms with Gasteiger partial charge in [0.2, 0.25) is 5.91 Å². The zero-order valence-electron chi connectivity index (χ0n) is 18.1. The van der Waals surface area contributed by atoms with Crippen LogP contribution < -0.4 is 10.1 Å². The van der Waals surface area contributed by atoms with Crippen molar-refractivity contribution >= 4 is 51.6 Å². The van der Waals surface area contributed by atoms with E-state index in [1.165, 1.54) is 30.2 Å². The zero-order valence-corrected chi connectivity index (χ0v) is 20.5. The summed E-state index contributed by atoms with van der Waals surface area (Å²) in [5.41, 5.74) is 1.31. The minimum atomic E-state index is -0.453. The van der Waals surface area contributed by atoms with Gasteiger partial charge in [0.1, 0.15) is 17.4 Å². The van der Waals surface area contributed by atoms with Crippen molar-refractivity contribution < 1.29 is 19.1 Å². The van der Waals surface area contributed by atoms with E-state index in [1.807, 2.05) is 26.0 Å². The number of nitrogens with one attached hydrogen (secondary N) is 1. The molecule has 2 aromatic heterocycles. The number of hydrogen-bond donors (Lipinski definition) is 1. The molecule has 32 heavy (non-hydrogen) atoms. The summed E-state index contributed by atoms with van der Waals surface area (Å²) in [4.78, 5) is 25.7. The van der Waals surface area contributed by atoms with Gasteiger partial charge in [-0.15, -0.1) is 21.5 Å². The highest BCUT2D eigenvalue weighted by atomic mass is 35.5. The van der Waals surface area contributed by atoms with Crippen molar-refractivity contribution in [3.63, 3.8) is 0 Å². The van der Waals surface area contributed by atoms with Crippen molar-refractivity contribution in [2.45, 2.75) is 32.0 Å². The predicted molar refractivity (Wildman–Crippen MR) is 126 cm³/mol. The highest BCUT2D eigenvalue weighted by Crippen LogP contribution is 2.34. The fourth-order valence-corrected chi connectivity index (χ4v) is 5.07. The second-order valence-corrected chi connectivity index (χ2v) is 9.27. The molecule has 3 aromatic rings. The number of methoxy groups -OCH3 is 1. The minimum absolute atomic E-state index is 0.108. The quantitative estimate of drug-likeness (QED) is 0.345. The zero-order chi connectivity index (χ0) is 23.3. The normalized spacial score (nSPS) is 10.8. The number of ether oxygens (including phenoxy) is 2. The average molecular weight is 495 g/mol. The van der Waals surface area contributed by atoms with Gasteiger partial charge in [-0.05, 0) is 31.0 Å². The number of thiophene rings is 1. The standard InChI is InChI=1S/C21H23ClN4O4S2/c1-5-13-12(2)32-19(18(13)20(28)29-4)23-17(27)11-31-21-25-24-16(26(21)3)10-30-15-9-7-6-8-14(15)22/h6-9H,5,10-11H2,1-4H3,(H,23,27). The smallest absolute Gasteiger partial charge is 0.341 e. The van der Waals surface area contributed by atoms with Crippen LogP contribution in [0.2, 0.25) is 5.02 Å². The molecule has 0 saturated carbocycles. The highest BCUT2D eigenvalue weighted by molar-refractivity contribution is 7.99. The number of para-hydroxylation sites is 1. The molecule has 3 rings (SSSR count). The highest BCUT2D eigenvalue weighted by Gasteiger charge is 2.23. The minimum Gasteiger partial charge on any atom is -0.484 e. The third-order valence-electron chi connectivity index (χ3n) is 4.66. The summed E-state index contributed by atoms with van der Waals surface area (Å²) in [6, 6.07) is 7.18. The molecular weight excluding hydrogens is 472 g/mol. The van der Waals surface area contributed by atoms with E-state index in [2.05, 4.69) is 15.5 Å². The van der Waals surface area contributed by atoms with Gasteiger partial charge in [-0.3, -0.25) is 4.79 Å². The summed E-state index contributed by atoms with van der Waals surface area (Å²) >= 11 is 8.71. The summed E-state index contributed by atoms with van der Waals surface area (Å²) in [6.07, 6.45) is 0.676. The number of amides is 1. The lowest BCUT2D eigenvalue weighted by Gasteiger charge is -2.08. The Morgan fingerprint density at radius 2 is 2.03 bits per heavy atom. The van der Waals surface area contributed by atoms with Crippen molar-refractivity contribution in [1.29, 1.82) is 0 Å². The number of aryl methyl sites for hydroxylation is 1. The SMILES string of the molecule is CCc1c(C)sc(NC(=O)CSc2nnc(COc3ccccc3Cl)n2C)c1C(=O)OC. The van der Waals surface area contributed by atoms with Gasteiger partial charge in [-0.25, -0.2) is 4.79 Å². The molecule has 0 aliphatic rings. The van der Waals surface area contributed by atoms with Crippen LogP contribution in [0.15, 0.2) is 29.4 Å². The maximum atomic E-state index is 12.5. The summed E-state index contributed by atoms with van der Waals surface area (Å²) < 4.78 is 12.4. The van der Waals surface area contributed by atoms with Crippen LogP contribution in [0.3, 0.4) is 0 Å². The molecule has 1 aromatic carbocycles. The van der Waals surface area contributed by atoms with Crippen LogP contribution in [0.5, 0.6) is 5.75 Å². The van der Waals surface area contributed by atoms with E-state index in [9.17, 15) is 9.59 Å². The molecule has 0 fully saturated rings. The Hall–Kier alpha value is -2.56. The molecule has 1 amide bonds. The second-order valence-electron chi connectivity index (χ2n) is 6.70. The fourth-order valence-electron chi connectivity index (χ4n) is 3.00. The molecule has 1 N–H and O–H groups in total. The van der Waals surface area contributed by atoms with Crippen molar-refractivity contribution in [2.75, 3.05) is 18.2 Å². The molecule has 0 bridgehead atoms. The topological polar surface area (TPSA) is 95.3 Å². The predicted octanol–water partition coefficient (Wildman–Crippen LogP) is 4.50. The van der Waals surface area contributed by atoms with Crippen LogP contribution >= 0.6 is 34.7 Å². The van der Waals surface area contributed by atoms with Crippen LogP contribution in [-0.4, -0.2) is 39.5 Å². The van der Waals surface area contributed by atoms with Crippen molar-refractivity contribution in [2.24, 2.45) is 7.05 Å². The van der Waals surface area contributed by atoms with E-state index in [-0.39, 0.29) is 18.3 Å². The molecule has 0 atom stereocenters. The molecule has 8 nitrogen and oxygen atoms in total. The first-order valence-corrected chi connectivity index (χ1v) is 11.9. The number of carbonyl (C=O) groups excluding carboxylic acids is 2. The summed E-state index contributed by atoms with van der Waals surface area (Å²) in [5, 5.41) is 12.7. The molecule has 0 spiro atoms. The maximum Gasteiger partial charge on any atom is 0.341 e. The van der Waals surface area contributed by atoms with Gasteiger partial charge >= 0.3 is 5.97 Å². The Bertz CT molecular complexity index is 1130. The number of anilines is 1. The Kier molecular flexibility index (Phi) is 8.16. The molecule has 0 aliphatic carbocycles. The van der Waals surface area contributed by atoms with Crippen LogP contribution in [-0.2, 0) is 29.6 Å². The van der Waals surface area contributed by atoms with Gasteiger partial charge in [0, 0.05) is 11.9 Å². The van der Waals surface area contributed by atoms with Crippen LogP contribution in [0.25, 0.3) is 0 Å². The van der Waals surface area contributed by atoms with E-state index >= 15 is 0 Å². The van der Waals surface area contributed by atoms with Crippen LogP contribution in [0.4, 0.5) is 5.00 Å². The van der Waals surface area contributed by atoms with Crippen molar-refractivity contribution in [3.05, 3.63) is 51.1 Å². The lowest BCUT2D eigenvalue weighted by Crippen LogP contribution is -2.16. The van der Waals surface area contributed by atoms with Gasteiger partial charge in [0.15, 0.2) is 11.0 Å². The number of hydrogen-bond acceptors (Lipinski definition) is 8. The molecule has 170 valence electrons. The van der Waals surface area contributed by atoms with Crippen LogP contribution in [0, 0.1) is 6.92 Å². The molecule has 0 unspecified atom stereocenters. The van der Waals surface area contributed by atoms with E-state index in [0.717, 1.165) is 10.4 Å². The molecule has 0 saturated heterocycles. The van der Waals surface area contributed by atoms with Crippen molar-refractivity contribution in [3.8, 4) is 5.75 Å². The lowest BCUT2D eigenvalue weighted by molar-refractivity contribution is -0.113. The van der Waals surface area contributed by atoms with Gasteiger partial charge in [-0.1, -0.05) is 42.4 Å². The fraction of sp³-hybridized carbons (Fsp3) is 0.333. The Labute approximate surface area is 199 Å². The largest absolute Gasteiger partial charge is 0.484 e. The van der Waals surface area contributed by atoms with E-state index < -0.39 is 5.97 Å². The second kappa shape index (κ2) is 10.8. The Balaban J connectivity index is 1.61. The van der Waals surface area contributed by atoms with Crippen LogP contribution in [0.1, 0.15) is 33.5 Å². The number of rotatable bonds is 9. The third kappa shape index (κ3) is 5.43. The first-order chi connectivity index (χ1) is 15.3. The van der Waals surface area contributed by atoms with Gasteiger partial charge in [0.25, 0.3) is 0 Å². The van der Waals surface area contributed by atoms with Gasteiger partial charge in [-0.2, -0.15) is 0 Å². The first-order valence-electron chi connectivity index (χ1n) is 9.74. The maximum absolute atomic E-state index is 12.5. The molecule has 0 aliphatic heterocycles. The third-order valence-corrected chi connectivity index (χ3v) is 7.05. The summed E-state index contributed by atoms with van der Waals surface area (Å²) in [5.74, 6) is 0.565.